The lowest BCUT2D eigenvalue weighted by molar-refractivity contribution is 0.474. The van der Waals surface area contributed by atoms with Gasteiger partial charge >= 0.3 is 0 Å². The van der Waals surface area contributed by atoms with E-state index in [0.29, 0.717) is 5.56 Å². The fourth-order valence-corrected chi connectivity index (χ4v) is 2.34. The van der Waals surface area contributed by atoms with Gasteiger partial charge in [0.2, 0.25) is 0 Å². The summed E-state index contributed by atoms with van der Waals surface area (Å²) in [5, 5.41) is 21.2. The Bertz CT molecular complexity index is 507. The normalized spacial score (nSPS) is 10.2. The predicted molar refractivity (Wildman–Crippen MR) is 52.9 cm³/mol. The fraction of sp³-hybridized carbons (Fsp3) is 0.100. The number of phenolic OH excluding ortho intramolecular Hbond substituents is 1. The van der Waals surface area contributed by atoms with Crippen LogP contribution < -0.4 is 0 Å². The number of aryl methyl sites for hydroxylation is 1. The third-order valence-electron chi connectivity index (χ3n) is 2.01. The summed E-state index contributed by atoms with van der Waals surface area (Å²) in [6.07, 6.45) is 0. The van der Waals surface area contributed by atoms with Crippen LogP contribution in [-0.4, -0.2) is 5.11 Å². The van der Waals surface area contributed by atoms with Crippen LogP contribution in [-0.2, 0) is 0 Å². The van der Waals surface area contributed by atoms with E-state index in [0.717, 1.165) is 15.6 Å². The number of phenols is 1. The maximum Gasteiger partial charge on any atom is 0.134 e. The number of aromatic hydroxyl groups is 1. The lowest BCUT2D eigenvalue weighted by Gasteiger charge is -1.98. The number of nitrogens with zero attached hydrogens (tertiary/aromatic N) is 1. The first-order valence-electron chi connectivity index (χ1n) is 3.84. The number of hydrogen-bond acceptors (Lipinski definition) is 3. The van der Waals surface area contributed by atoms with Crippen molar-refractivity contribution in [2.45, 2.75) is 6.92 Å². The van der Waals surface area contributed by atoms with Crippen molar-refractivity contribution < 1.29 is 5.11 Å². The molecule has 1 aromatic carbocycles. The minimum atomic E-state index is 0.0662. The molecule has 1 heterocycles. The Morgan fingerprint density at radius 1 is 1.46 bits per heavy atom. The van der Waals surface area contributed by atoms with E-state index >= 15 is 0 Å². The van der Waals surface area contributed by atoms with Gasteiger partial charge in [-0.1, -0.05) is 0 Å². The predicted octanol–water partition coefficient (Wildman–Crippen LogP) is 2.79. The van der Waals surface area contributed by atoms with Crippen LogP contribution in [0.4, 0.5) is 0 Å². The van der Waals surface area contributed by atoms with Crippen LogP contribution in [0.1, 0.15) is 11.1 Å². The molecule has 64 valence electrons. The van der Waals surface area contributed by atoms with Gasteiger partial charge in [0.15, 0.2) is 0 Å². The highest BCUT2D eigenvalue weighted by Gasteiger charge is 2.09. The first-order chi connectivity index (χ1) is 6.24. The molecule has 0 saturated heterocycles. The van der Waals surface area contributed by atoms with E-state index in [1.807, 2.05) is 24.4 Å². The Labute approximate surface area is 79.7 Å². The topological polar surface area (TPSA) is 44.0 Å². The second kappa shape index (κ2) is 2.75. The number of nitriles is 1. The molecule has 2 rings (SSSR count). The van der Waals surface area contributed by atoms with E-state index in [4.69, 9.17) is 5.26 Å². The maximum atomic E-state index is 9.43. The molecule has 0 radical (unpaired) electrons. The Hall–Kier alpha value is -1.53. The minimum absolute atomic E-state index is 0.0662. The molecule has 0 fully saturated rings. The van der Waals surface area contributed by atoms with Gasteiger partial charge < -0.3 is 5.11 Å². The zero-order valence-electron chi connectivity index (χ0n) is 7.03. The van der Waals surface area contributed by atoms with Gasteiger partial charge in [-0.25, -0.2) is 0 Å². The van der Waals surface area contributed by atoms with Crippen LogP contribution in [0.25, 0.3) is 10.1 Å². The zero-order valence-corrected chi connectivity index (χ0v) is 7.85. The summed E-state index contributed by atoms with van der Waals surface area (Å²) in [4.78, 5) is 0. The highest BCUT2D eigenvalue weighted by molar-refractivity contribution is 7.17. The summed E-state index contributed by atoms with van der Waals surface area (Å²) in [6.45, 7) is 1.94. The molecule has 0 saturated carbocycles. The summed E-state index contributed by atoms with van der Waals surface area (Å²) >= 11 is 1.59. The van der Waals surface area contributed by atoms with Crippen molar-refractivity contribution in [3.05, 3.63) is 28.6 Å². The van der Waals surface area contributed by atoms with Crippen LogP contribution in [0.2, 0.25) is 0 Å². The number of thiophene rings is 1. The minimum Gasteiger partial charge on any atom is -0.507 e. The number of rotatable bonds is 0. The molecule has 0 unspecified atom stereocenters. The average Bonchev–Trinajstić information content (AvgIpc) is 2.49. The molecule has 0 atom stereocenters. The first kappa shape index (κ1) is 8.09. The Kier molecular flexibility index (Phi) is 1.71. The molecule has 1 N–H and O–H groups in total. The molecule has 13 heavy (non-hydrogen) atoms. The molecule has 2 aromatic rings. The summed E-state index contributed by atoms with van der Waals surface area (Å²) in [6, 6.07) is 5.42. The van der Waals surface area contributed by atoms with Crippen LogP contribution in [0.15, 0.2) is 17.5 Å². The molecular formula is C10H7NOS. The van der Waals surface area contributed by atoms with Crippen LogP contribution in [0.3, 0.4) is 0 Å². The molecule has 0 bridgehead atoms. The molecule has 3 heteroatoms. The lowest BCUT2D eigenvalue weighted by Crippen LogP contribution is -1.78. The van der Waals surface area contributed by atoms with Crippen molar-refractivity contribution >= 4 is 21.4 Å². The van der Waals surface area contributed by atoms with E-state index in [1.165, 1.54) is 0 Å². The summed E-state index contributed by atoms with van der Waals surface area (Å²) in [7, 11) is 0. The summed E-state index contributed by atoms with van der Waals surface area (Å²) in [5.74, 6) is 0.0662. The first-order valence-corrected chi connectivity index (χ1v) is 4.72. The van der Waals surface area contributed by atoms with Gasteiger partial charge in [0.1, 0.15) is 17.4 Å². The molecule has 0 amide bonds. The van der Waals surface area contributed by atoms with Crippen LogP contribution in [0, 0.1) is 18.3 Å². The van der Waals surface area contributed by atoms with Crippen molar-refractivity contribution in [2.24, 2.45) is 0 Å². The number of benzene rings is 1. The number of hydrogen-bond donors (Lipinski definition) is 1. The summed E-state index contributed by atoms with van der Waals surface area (Å²) < 4.78 is 1.05. The quantitative estimate of drug-likeness (QED) is 0.692. The van der Waals surface area contributed by atoms with Gasteiger partial charge in [-0.05, 0) is 30.0 Å². The second-order valence-electron chi connectivity index (χ2n) is 2.86. The molecule has 0 aliphatic carbocycles. The molecule has 2 nitrogen and oxygen atoms in total. The van der Waals surface area contributed by atoms with Gasteiger partial charge in [-0.15, -0.1) is 11.3 Å². The molecule has 1 aromatic heterocycles. The van der Waals surface area contributed by atoms with Crippen LogP contribution in [0.5, 0.6) is 5.75 Å². The van der Waals surface area contributed by atoms with E-state index in [9.17, 15) is 5.11 Å². The van der Waals surface area contributed by atoms with Crippen molar-refractivity contribution in [3.63, 3.8) is 0 Å². The monoisotopic (exact) mass is 189 g/mol. The molecule has 0 aliphatic heterocycles. The number of fused-ring (bicyclic) bond motifs is 1. The largest absolute Gasteiger partial charge is 0.507 e. The summed E-state index contributed by atoms with van der Waals surface area (Å²) in [5.41, 5.74) is 1.43. The fourth-order valence-electron chi connectivity index (χ4n) is 1.39. The highest BCUT2D eigenvalue weighted by atomic mass is 32.1. The van der Waals surface area contributed by atoms with Crippen molar-refractivity contribution in [3.8, 4) is 11.8 Å². The average molecular weight is 189 g/mol. The highest BCUT2D eigenvalue weighted by Crippen LogP contribution is 2.32. The van der Waals surface area contributed by atoms with Gasteiger partial charge in [0.25, 0.3) is 0 Å². The Balaban J connectivity index is 2.99. The van der Waals surface area contributed by atoms with E-state index < -0.39 is 0 Å². The SMILES string of the molecule is Cc1csc2ccc(O)c(C#N)c12. The van der Waals surface area contributed by atoms with Crippen molar-refractivity contribution in [1.29, 1.82) is 5.26 Å². The molecule has 0 aliphatic rings. The lowest BCUT2D eigenvalue weighted by atomic mass is 10.1. The van der Waals surface area contributed by atoms with Crippen molar-refractivity contribution in [1.82, 2.24) is 0 Å². The van der Waals surface area contributed by atoms with Gasteiger partial charge in [-0.3, -0.25) is 0 Å². The maximum absolute atomic E-state index is 9.43. The second-order valence-corrected chi connectivity index (χ2v) is 3.77. The third kappa shape index (κ3) is 1.07. The van der Waals surface area contributed by atoms with Crippen LogP contribution >= 0.6 is 11.3 Å². The zero-order chi connectivity index (χ0) is 9.42. The van der Waals surface area contributed by atoms with Gasteiger partial charge in [0.05, 0.1) is 0 Å². The third-order valence-corrected chi connectivity index (χ3v) is 3.08. The Morgan fingerprint density at radius 3 is 2.92 bits per heavy atom. The smallest absolute Gasteiger partial charge is 0.134 e. The molecular weight excluding hydrogens is 182 g/mol. The van der Waals surface area contributed by atoms with Crippen molar-refractivity contribution in [2.75, 3.05) is 0 Å². The van der Waals surface area contributed by atoms with E-state index in [1.54, 1.807) is 17.4 Å². The van der Waals surface area contributed by atoms with E-state index in [2.05, 4.69) is 0 Å². The molecule has 0 spiro atoms. The van der Waals surface area contributed by atoms with E-state index in [-0.39, 0.29) is 5.75 Å². The standard InChI is InChI=1S/C10H7NOS/c1-6-5-13-9-3-2-8(12)7(4-11)10(6)9/h2-3,5,12H,1H3. The Morgan fingerprint density at radius 2 is 2.23 bits per heavy atom. The van der Waals surface area contributed by atoms with Gasteiger partial charge in [0, 0.05) is 10.1 Å². The van der Waals surface area contributed by atoms with Gasteiger partial charge in [-0.2, -0.15) is 5.26 Å².